The maximum absolute atomic E-state index is 4.45. The van der Waals surface area contributed by atoms with Crippen molar-refractivity contribution in [2.45, 2.75) is 46.5 Å². The van der Waals surface area contributed by atoms with Crippen LogP contribution in [0.25, 0.3) is 5.57 Å². The predicted octanol–water partition coefficient (Wildman–Crippen LogP) is 4.88. The fourth-order valence-corrected chi connectivity index (χ4v) is 3.48. The topological polar surface area (TPSA) is 12.9 Å². The fraction of sp³-hybridized carbons (Fsp3) is 0.562. The number of hydrogen-bond donors (Lipinski definition) is 0. The van der Waals surface area contributed by atoms with Crippen molar-refractivity contribution in [1.29, 1.82) is 0 Å². The summed E-state index contributed by atoms with van der Waals surface area (Å²) >= 11 is 1.97. The van der Waals surface area contributed by atoms with E-state index < -0.39 is 0 Å². The first-order valence-electron chi connectivity index (χ1n) is 6.90. The lowest BCUT2D eigenvalue weighted by Gasteiger charge is -2.23. The summed E-state index contributed by atoms with van der Waals surface area (Å²) in [7, 11) is 0. The molecule has 2 heterocycles. The SMILES string of the molecule is CC(C)/C1=C/SCCCc2cncc(C(C)C)c21. The smallest absolute Gasteiger partial charge is 0.0308 e. The minimum atomic E-state index is 0.541. The number of thioether (sulfide) groups is 1. The molecule has 0 fully saturated rings. The summed E-state index contributed by atoms with van der Waals surface area (Å²) in [6.07, 6.45) is 6.56. The van der Waals surface area contributed by atoms with Gasteiger partial charge in [0.05, 0.1) is 0 Å². The first kappa shape index (κ1) is 13.7. The standard InChI is InChI=1S/C16H23NS/c1-11(2)14-9-17-8-13-6-5-7-18-10-15(12(3)4)16(13)14/h8-12H,5-7H2,1-4H3/b15-10-. The van der Waals surface area contributed by atoms with Crippen molar-refractivity contribution in [3.63, 3.8) is 0 Å². The number of fused-ring (bicyclic) bond motifs is 1. The summed E-state index contributed by atoms with van der Waals surface area (Å²) in [5, 5.41) is 2.38. The van der Waals surface area contributed by atoms with Gasteiger partial charge in [-0.1, -0.05) is 27.7 Å². The Hall–Kier alpha value is -0.760. The zero-order chi connectivity index (χ0) is 13.1. The van der Waals surface area contributed by atoms with Crippen molar-refractivity contribution in [2.24, 2.45) is 5.92 Å². The zero-order valence-electron chi connectivity index (χ0n) is 11.9. The van der Waals surface area contributed by atoms with E-state index in [1.54, 1.807) is 0 Å². The van der Waals surface area contributed by atoms with Gasteiger partial charge in [-0.05, 0) is 58.1 Å². The number of hydrogen-bond acceptors (Lipinski definition) is 2. The number of rotatable bonds is 2. The van der Waals surface area contributed by atoms with E-state index >= 15 is 0 Å². The van der Waals surface area contributed by atoms with Crippen LogP contribution in [0.3, 0.4) is 0 Å². The number of aromatic nitrogens is 1. The average molecular weight is 261 g/mol. The first-order chi connectivity index (χ1) is 8.61. The van der Waals surface area contributed by atoms with Crippen LogP contribution >= 0.6 is 11.8 Å². The molecule has 0 N–H and O–H groups in total. The summed E-state index contributed by atoms with van der Waals surface area (Å²) in [6.45, 7) is 9.12. The van der Waals surface area contributed by atoms with E-state index in [-0.39, 0.29) is 0 Å². The Kier molecular flexibility index (Phi) is 4.50. The van der Waals surface area contributed by atoms with Gasteiger partial charge in [-0.25, -0.2) is 0 Å². The van der Waals surface area contributed by atoms with E-state index in [4.69, 9.17) is 0 Å². The van der Waals surface area contributed by atoms with Crippen LogP contribution in [-0.2, 0) is 6.42 Å². The Balaban J connectivity index is 2.60. The van der Waals surface area contributed by atoms with Crippen LogP contribution in [0.2, 0.25) is 0 Å². The summed E-state index contributed by atoms with van der Waals surface area (Å²) in [5.74, 6) is 2.34. The molecular formula is C16H23NS. The minimum absolute atomic E-state index is 0.541. The molecule has 1 aliphatic heterocycles. The van der Waals surface area contributed by atoms with Crippen molar-refractivity contribution in [1.82, 2.24) is 4.98 Å². The second-order valence-corrected chi connectivity index (χ2v) is 6.60. The third-order valence-corrected chi connectivity index (χ3v) is 4.45. The monoisotopic (exact) mass is 261 g/mol. The second-order valence-electron chi connectivity index (χ2n) is 5.62. The molecule has 18 heavy (non-hydrogen) atoms. The summed E-state index contributed by atoms with van der Waals surface area (Å²) in [6, 6.07) is 0. The molecule has 0 aliphatic carbocycles. The quantitative estimate of drug-likeness (QED) is 0.752. The molecule has 0 amide bonds. The van der Waals surface area contributed by atoms with Crippen molar-refractivity contribution in [3.8, 4) is 0 Å². The van der Waals surface area contributed by atoms with Crippen LogP contribution in [0, 0.1) is 5.92 Å². The van der Waals surface area contributed by atoms with Gasteiger partial charge in [-0.3, -0.25) is 4.98 Å². The maximum atomic E-state index is 4.45. The summed E-state index contributed by atoms with van der Waals surface area (Å²) in [4.78, 5) is 4.45. The fourth-order valence-electron chi connectivity index (χ4n) is 2.48. The summed E-state index contributed by atoms with van der Waals surface area (Å²) < 4.78 is 0. The number of nitrogens with zero attached hydrogens (tertiary/aromatic N) is 1. The van der Waals surface area contributed by atoms with Crippen molar-refractivity contribution in [3.05, 3.63) is 34.5 Å². The molecule has 2 rings (SSSR count). The lowest BCUT2D eigenvalue weighted by atomic mass is 9.85. The highest BCUT2D eigenvalue weighted by Gasteiger charge is 2.19. The second kappa shape index (κ2) is 5.92. The Morgan fingerprint density at radius 2 is 1.89 bits per heavy atom. The number of allylic oxidation sites excluding steroid dienone is 1. The van der Waals surface area contributed by atoms with Crippen LogP contribution in [0.15, 0.2) is 17.8 Å². The minimum Gasteiger partial charge on any atom is -0.264 e. The van der Waals surface area contributed by atoms with E-state index in [2.05, 4.69) is 50.5 Å². The van der Waals surface area contributed by atoms with Gasteiger partial charge >= 0.3 is 0 Å². The molecule has 0 aromatic carbocycles. The van der Waals surface area contributed by atoms with Gasteiger partial charge in [-0.15, -0.1) is 11.8 Å². The highest BCUT2D eigenvalue weighted by atomic mass is 32.2. The molecule has 0 bridgehead atoms. The Labute approximate surface area is 115 Å². The average Bonchev–Trinajstić information content (AvgIpc) is 2.28. The van der Waals surface area contributed by atoms with Gasteiger partial charge in [0, 0.05) is 12.4 Å². The van der Waals surface area contributed by atoms with E-state index in [0.29, 0.717) is 11.8 Å². The van der Waals surface area contributed by atoms with Gasteiger partial charge in [0.15, 0.2) is 0 Å². The van der Waals surface area contributed by atoms with Gasteiger partial charge in [0.2, 0.25) is 0 Å². The van der Waals surface area contributed by atoms with Crippen molar-refractivity contribution in [2.75, 3.05) is 5.75 Å². The van der Waals surface area contributed by atoms with Crippen LogP contribution < -0.4 is 0 Å². The molecule has 98 valence electrons. The van der Waals surface area contributed by atoms with Crippen molar-refractivity contribution >= 4 is 17.3 Å². The third kappa shape index (κ3) is 2.80. The van der Waals surface area contributed by atoms with Gasteiger partial charge in [0.1, 0.15) is 0 Å². The van der Waals surface area contributed by atoms with E-state index in [0.717, 1.165) is 0 Å². The Bertz CT molecular complexity index is 446. The molecule has 1 aromatic heterocycles. The van der Waals surface area contributed by atoms with Crippen LogP contribution in [0.4, 0.5) is 0 Å². The van der Waals surface area contributed by atoms with Crippen molar-refractivity contribution < 1.29 is 0 Å². The number of aryl methyl sites for hydroxylation is 1. The molecule has 0 atom stereocenters. The van der Waals surface area contributed by atoms with Crippen LogP contribution in [0.1, 0.15) is 56.7 Å². The largest absolute Gasteiger partial charge is 0.264 e. The molecule has 1 aromatic rings. The maximum Gasteiger partial charge on any atom is 0.0308 e. The molecule has 0 spiro atoms. The Morgan fingerprint density at radius 3 is 2.56 bits per heavy atom. The van der Waals surface area contributed by atoms with Gasteiger partial charge in [-0.2, -0.15) is 0 Å². The normalized spacial score (nSPS) is 19.1. The molecule has 1 nitrogen and oxygen atoms in total. The molecule has 0 radical (unpaired) electrons. The number of pyridine rings is 1. The molecular weight excluding hydrogens is 238 g/mol. The van der Waals surface area contributed by atoms with E-state index in [1.165, 1.54) is 40.9 Å². The predicted molar refractivity (Wildman–Crippen MR) is 81.9 cm³/mol. The first-order valence-corrected chi connectivity index (χ1v) is 7.95. The summed E-state index contributed by atoms with van der Waals surface area (Å²) in [5.41, 5.74) is 5.85. The Morgan fingerprint density at radius 1 is 1.11 bits per heavy atom. The van der Waals surface area contributed by atoms with E-state index in [9.17, 15) is 0 Å². The highest BCUT2D eigenvalue weighted by Crippen LogP contribution is 2.36. The molecule has 1 aliphatic rings. The molecule has 0 saturated heterocycles. The van der Waals surface area contributed by atoms with Crippen LogP contribution in [-0.4, -0.2) is 10.7 Å². The van der Waals surface area contributed by atoms with Crippen LogP contribution in [0.5, 0.6) is 0 Å². The van der Waals surface area contributed by atoms with Gasteiger partial charge in [0.25, 0.3) is 0 Å². The molecule has 2 heteroatoms. The van der Waals surface area contributed by atoms with Gasteiger partial charge < -0.3 is 0 Å². The lowest BCUT2D eigenvalue weighted by Crippen LogP contribution is -2.08. The third-order valence-electron chi connectivity index (χ3n) is 3.51. The highest BCUT2D eigenvalue weighted by molar-refractivity contribution is 8.02. The lowest BCUT2D eigenvalue weighted by molar-refractivity contribution is 0.808. The van der Waals surface area contributed by atoms with E-state index in [1.807, 2.05) is 11.8 Å². The zero-order valence-corrected chi connectivity index (χ0v) is 12.7. The molecule has 0 saturated carbocycles. The molecule has 0 unspecified atom stereocenters.